The number of H-pyrrole nitrogens is 1. The van der Waals surface area contributed by atoms with Crippen LogP contribution in [0.1, 0.15) is 39.7 Å². The van der Waals surface area contributed by atoms with Crippen molar-refractivity contribution in [2.75, 3.05) is 0 Å². The smallest absolute Gasteiger partial charge is 0.195 e. The Labute approximate surface area is 84.2 Å². The predicted molar refractivity (Wildman–Crippen MR) is 56.2 cm³/mol. The molecule has 0 aliphatic rings. The van der Waals surface area contributed by atoms with Crippen LogP contribution >= 0.6 is 12.2 Å². The Bertz CT molecular complexity index is 302. The van der Waals surface area contributed by atoms with Crippen molar-refractivity contribution in [2.45, 2.75) is 39.7 Å². The lowest BCUT2D eigenvalue weighted by Crippen LogP contribution is -2.08. The van der Waals surface area contributed by atoms with E-state index in [-0.39, 0.29) is 0 Å². The van der Waals surface area contributed by atoms with Crippen LogP contribution in [0.15, 0.2) is 6.33 Å². The third kappa shape index (κ3) is 2.66. The first-order chi connectivity index (χ1) is 6.15. The van der Waals surface area contributed by atoms with E-state index in [4.69, 9.17) is 12.2 Å². The Kier molecular flexibility index (Phi) is 3.66. The molecule has 0 bridgehead atoms. The summed E-state index contributed by atoms with van der Waals surface area (Å²) in [6, 6.07) is 0.446. The Hall–Kier alpha value is -0.640. The fourth-order valence-electron chi connectivity index (χ4n) is 1.43. The number of aromatic nitrogens is 3. The van der Waals surface area contributed by atoms with Crippen molar-refractivity contribution in [3.63, 3.8) is 0 Å². The maximum atomic E-state index is 5.10. The molecule has 1 N–H and O–H groups in total. The van der Waals surface area contributed by atoms with E-state index in [1.165, 1.54) is 6.42 Å². The van der Waals surface area contributed by atoms with E-state index in [0.29, 0.717) is 6.04 Å². The van der Waals surface area contributed by atoms with Crippen molar-refractivity contribution in [3.8, 4) is 0 Å². The van der Waals surface area contributed by atoms with Crippen LogP contribution in [0.25, 0.3) is 0 Å². The Morgan fingerprint density at radius 2 is 2.31 bits per heavy atom. The lowest BCUT2D eigenvalue weighted by molar-refractivity contribution is 0.395. The minimum absolute atomic E-state index is 0.446. The van der Waals surface area contributed by atoms with Gasteiger partial charge < -0.3 is 4.57 Å². The number of nitrogens with zero attached hydrogens (tertiary/aromatic N) is 2. The molecule has 1 heterocycles. The largest absolute Gasteiger partial charge is 0.304 e. The summed E-state index contributed by atoms with van der Waals surface area (Å²) in [5.41, 5.74) is 0. The van der Waals surface area contributed by atoms with Gasteiger partial charge in [0.15, 0.2) is 4.77 Å². The van der Waals surface area contributed by atoms with Gasteiger partial charge in [0.2, 0.25) is 0 Å². The molecule has 2 unspecified atom stereocenters. The van der Waals surface area contributed by atoms with Crippen LogP contribution in [0.2, 0.25) is 0 Å². The molecule has 0 saturated carbocycles. The molecular formula is C9H17N3S. The number of rotatable bonds is 4. The summed E-state index contributed by atoms with van der Waals surface area (Å²) in [6.07, 6.45) is 4.15. The highest BCUT2D eigenvalue weighted by Gasteiger charge is 2.09. The van der Waals surface area contributed by atoms with E-state index < -0.39 is 0 Å². The zero-order chi connectivity index (χ0) is 9.84. The van der Waals surface area contributed by atoms with E-state index in [0.717, 1.165) is 17.1 Å². The lowest BCUT2D eigenvalue weighted by Gasteiger charge is -2.16. The van der Waals surface area contributed by atoms with Crippen LogP contribution in [-0.2, 0) is 0 Å². The minimum atomic E-state index is 0.446. The number of aromatic amines is 1. The van der Waals surface area contributed by atoms with E-state index >= 15 is 0 Å². The maximum absolute atomic E-state index is 5.10. The first kappa shape index (κ1) is 10.4. The number of nitrogens with one attached hydrogen (secondary N) is 1. The SMILES string of the molecule is CCC(C)CC(C)n1cn[nH]c1=S. The summed E-state index contributed by atoms with van der Waals surface area (Å²) < 4.78 is 2.73. The average molecular weight is 199 g/mol. The molecule has 1 rings (SSSR count). The van der Waals surface area contributed by atoms with Gasteiger partial charge in [-0.25, -0.2) is 0 Å². The van der Waals surface area contributed by atoms with Gasteiger partial charge in [0.25, 0.3) is 0 Å². The van der Waals surface area contributed by atoms with Gasteiger partial charge in [-0.05, 0) is 31.5 Å². The normalized spacial score (nSPS) is 15.6. The maximum Gasteiger partial charge on any atom is 0.195 e. The monoisotopic (exact) mass is 199 g/mol. The summed E-state index contributed by atoms with van der Waals surface area (Å²) in [6.45, 7) is 6.66. The van der Waals surface area contributed by atoms with Crippen LogP contribution in [0.5, 0.6) is 0 Å². The summed E-state index contributed by atoms with van der Waals surface area (Å²) in [4.78, 5) is 0. The molecule has 0 aromatic carbocycles. The molecule has 13 heavy (non-hydrogen) atoms. The van der Waals surface area contributed by atoms with Crippen molar-refractivity contribution in [1.82, 2.24) is 14.8 Å². The van der Waals surface area contributed by atoms with Crippen molar-refractivity contribution < 1.29 is 0 Å². The summed E-state index contributed by atoms with van der Waals surface area (Å²) in [7, 11) is 0. The Balaban J connectivity index is 2.63. The number of hydrogen-bond acceptors (Lipinski definition) is 2. The van der Waals surface area contributed by atoms with E-state index in [9.17, 15) is 0 Å². The second kappa shape index (κ2) is 4.56. The van der Waals surface area contributed by atoms with Crippen molar-refractivity contribution in [1.29, 1.82) is 0 Å². The second-order valence-electron chi connectivity index (χ2n) is 3.67. The fraction of sp³-hybridized carbons (Fsp3) is 0.778. The molecule has 3 nitrogen and oxygen atoms in total. The zero-order valence-corrected chi connectivity index (χ0v) is 9.27. The number of hydrogen-bond donors (Lipinski definition) is 1. The molecule has 0 aliphatic heterocycles. The first-order valence-corrected chi connectivity index (χ1v) is 5.17. The van der Waals surface area contributed by atoms with Crippen molar-refractivity contribution >= 4 is 12.2 Å². The molecule has 4 heteroatoms. The zero-order valence-electron chi connectivity index (χ0n) is 8.45. The van der Waals surface area contributed by atoms with E-state index in [1.807, 2.05) is 4.57 Å². The van der Waals surface area contributed by atoms with Gasteiger partial charge in [-0.15, -0.1) is 0 Å². The van der Waals surface area contributed by atoms with Gasteiger partial charge in [-0.2, -0.15) is 5.10 Å². The molecule has 2 atom stereocenters. The second-order valence-corrected chi connectivity index (χ2v) is 4.05. The molecule has 1 aromatic heterocycles. The van der Waals surface area contributed by atoms with Gasteiger partial charge in [0.05, 0.1) is 0 Å². The first-order valence-electron chi connectivity index (χ1n) is 4.76. The van der Waals surface area contributed by atoms with Crippen molar-refractivity contribution in [2.24, 2.45) is 5.92 Å². The quantitative estimate of drug-likeness (QED) is 0.756. The van der Waals surface area contributed by atoms with Crippen LogP contribution in [-0.4, -0.2) is 14.8 Å². The molecule has 0 fully saturated rings. The van der Waals surface area contributed by atoms with Gasteiger partial charge in [0, 0.05) is 6.04 Å². The van der Waals surface area contributed by atoms with Gasteiger partial charge in [-0.3, -0.25) is 5.10 Å². The summed E-state index contributed by atoms with van der Waals surface area (Å²) >= 11 is 5.10. The minimum Gasteiger partial charge on any atom is -0.304 e. The van der Waals surface area contributed by atoms with Gasteiger partial charge >= 0.3 is 0 Å². The molecule has 0 radical (unpaired) electrons. The molecule has 1 aromatic rings. The van der Waals surface area contributed by atoms with Crippen LogP contribution in [0.4, 0.5) is 0 Å². The highest BCUT2D eigenvalue weighted by atomic mass is 32.1. The van der Waals surface area contributed by atoms with Gasteiger partial charge in [-0.1, -0.05) is 20.3 Å². The third-order valence-corrected chi connectivity index (χ3v) is 2.79. The molecule has 74 valence electrons. The third-order valence-electron chi connectivity index (χ3n) is 2.49. The van der Waals surface area contributed by atoms with Crippen LogP contribution < -0.4 is 0 Å². The Morgan fingerprint density at radius 1 is 1.62 bits per heavy atom. The topological polar surface area (TPSA) is 33.6 Å². The average Bonchev–Trinajstić information content (AvgIpc) is 2.51. The standard InChI is InChI=1S/C9H17N3S/c1-4-7(2)5-8(3)12-6-10-11-9(12)13/h6-8H,4-5H2,1-3H3,(H,11,13). The van der Waals surface area contributed by atoms with Crippen molar-refractivity contribution in [3.05, 3.63) is 11.1 Å². The fourth-order valence-corrected chi connectivity index (χ4v) is 1.71. The van der Waals surface area contributed by atoms with E-state index in [1.54, 1.807) is 6.33 Å². The molecular weight excluding hydrogens is 182 g/mol. The molecule has 0 spiro atoms. The summed E-state index contributed by atoms with van der Waals surface area (Å²) in [5, 5.41) is 6.68. The van der Waals surface area contributed by atoms with Gasteiger partial charge in [0.1, 0.15) is 6.33 Å². The molecule has 0 amide bonds. The van der Waals surface area contributed by atoms with Crippen LogP contribution in [0, 0.1) is 10.7 Å². The highest BCUT2D eigenvalue weighted by molar-refractivity contribution is 7.71. The molecule has 0 aliphatic carbocycles. The predicted octanol–water partition coefficient (Wildman–Crippen LogP) is 2.94. The highest BCUT2D eigenvalue weighted by Crippen LogP contribution is 2.18. The lowest BCUT2D eigenvalue weighted by atomic mass is 10.0. The Morgan fingerprint density at radius 3 is 2.77 bits per heavy atom. The molecule has 0 saturated heterocycles. The summed E-state index contributed by atoms with van der Waals surface area (Å²) in [5.74, 6) is 0.742. The van der Waals surface area contributed by atoms with E-state index in [2.05, 4.69) is 31.0 Å². The van der Waals surface area contributed by atoms with Crippen LogP contribution in [0.3, 0.4) is 0 Å².